The molecule has 0 bridgehead atoms. The second-order valence-corrected chi connectivity index (χ2v) is 3.47. The summed E-state index contributed by atoms with van der Waals surface area (Å²) in [6.45, 7) is 0.801. The molecule has 2 rings (SSSR count). The van der Waals surface area contributed by atoms with Crippen LogP contribution >= 0.6 is 22.6 Å². The molecule has 0 spiro atoms. The molecule has 1 aromatic heterocycles. The molecule has 0 aliphatic carbocycles. The van der Waals surface area contributed by atoms with Gasteiger partial charge in [0.25, 0.3) is 0 Å². The Bertz CT molecular complexity index is 212. The van der Waals surface area contributed by atoms with Crippen LogP contribution in [0.5, 0.6) is 0 Å². The van der Waals surface area contributed by atoms with E-state index in [1.807, 2.05) is 16.9 Å². The second-order valence-electron chi connectivity index (χ2n) is 2.24. The monoisotopic (exact) mass is 250 g/mol. The van der Waals surface area contributed by atoms with E-state index in [-0.39, 0.29) is 0 Å². The summed E-state index contributed by atoms with van der Waals surface area (Å²) >= 11 is 2.27. The lowest BCUT2D eigenvalue weighted by Crippen LogP contribution is -2.37. The highest BCUT2D eigenvalue weighted by Gasteiger charge is 2.31. The fourth-order valence-electron chi connectivity index (χ4n) is 0.928. The van der Waals surface area contributed by atoms with Crippen molar-refractivity contribution >= 4 is 22.6 Å². The zero-order chi connectivity index (χ0) is 6.97. The lowest BCUT2D eigenvalue weighted by molar-refractivity contribution is -0.0430. The molecular formula is C6H7IN2O. The summed E-state index contributed by atoms with van der Waals surface area (Å²) in [5.74, 6) is 0. The van der Waals surface area contributed by atoms with E-state index in [1.54, 1.807) is 6.20 Å². The molecule has 0 saturated carbocycles. The summed E-state index contributed by atoms with van der Waals surface area (Å²) in [5.41, 5.74) is 0. The topological polar surface area (TPSA) is 27.1 Å². The minimum atomic E-state index is 0.303. The van der Waals surface area contributed by atoms with Crippen LogP contribution in [0.4, 0.5) is 0 Å². The van der Waals surface area contributed by atoms with Gasteiger partial charge in [0.15, 0.2) is 0 Å². The van der Waals surface area contributed by atoms with Gasteiger partial charge < -0.3 is 4.74 Å². The third-order valence-corrected chi connectivity index (χ3v) is 2.78. The molecule has 1 aliphatic heterocycles. The zero-order valence-electron chi connectivity index (χ0n) is 5.27. The molecule has 1 saturated heterocycles. The molecule has 0 aromatic carbocycles. The van der Waals surface area contributed by atoms with Crippen LogP contribution < -0.4 is 0 Å². The van der Waals surface area contributed by atoms with Crippen LogP contribution in [-0.2, 0) is 4.74 Å². The van der Waals surface area contributed by atoms with Crippen LogP contribution in [0.1, 0.15) is 6.04 Å². The van der Waals surface area contributed by atoms with Crippen molar-refractivity contribution in [1.82, 2.24) is 9.78 Å². The van der Waals surface area contributed by atoms with Crippen molar-refractivity contribution in [2.45, 2.75) is 10.2 Å². The SMILES string of the molecule is IC1OCC1n1cccn1. The summed E-state index contributed by atoms with van der Waals surface area (Å²) in [4.78, 5) is 0. The first-order valence-electron chi connectivity index (χ1n) is 3.13. The Kier molecular flexibility index (Phi) is 1.65. The van der Waals surface area contributed by atoms with Crippen molar-refractivity contribution in [2.24, 2.45) is 0 Å². The van der Waals surface area contributed by atoms with Crippen LogP contribution in [-0.4, -0.2) is 20.5 Å². The molecule has 2 unspecified atom stereocenters. The third-order valence-electron chi connectivity index (χ3n) is 1.59. The highest BCUT2D eigenvalue weighted by atomic mass is 127. The van der Waals surface area contributed by atoms with Gasteiger partial charge >= 0.3 is 0 Å². The van der Waals surface area contributed by atoms with Gasteiger partial charge in [-0.3, -0.25) is 4.68 Å². The third kappa shape index (κ3) is 0.950. The number of rotatable bonds is 1. The maximum atomic E-state index is 5.19. The van der Waals surface area contributed by atoms with Crippen LogP contribution in [0, 0.1) is 0 Å². The lowest BCUT2D eigenvalue weighted by Gasteiger charge is -2.32. The van der Waals surface area contributed by atoms with Gasteiger partial charge in [0.05, 0.1) is 6.61 Å². The summed E-state index contributed by atoms with van der Waals surface area (Å²) in [6.07, 6.45) is 3.76. The smallest absolute Gasteiger partial charge is 0.133 e. The Labute approximate surface area is 72.5 Å². The molecule has 2 atom stereocenters. The van der Waals surface area contributed by atoms with E-state index in [1.165, 1.54) is 0 Å². The van der Waals surface area contributed by atoms with Crippen molar-refractivity contribution in [1.29, 1.82) is 0 Å². The van der Waals surface area contributed by atoms with Gasteiger partial charge in [0.2, 0.25) is 0 Å². The fourth-order valence-corrected chi connectivity index (χ4v) is 1.67. The minimum absolute atomic E-state index is 0.303. The predicted octanol–water partition coefficient (Wildman–Crippen LogP) is 1.22. The quantitative estimate of drug-likeness (QED) is 0.553. The Morgan fingerprint density at radius 3 is 3.00 bits per heavy atom. The van der Waals surface area contributed by atoms with Crippen LogP contribution in [0.2, 0.25) is 0 Å². The fraction of sp³-hybridized carbons (Fsp3) is 0.500. The van der Waals surface area contributed by atoms with E-state index in [4.69, 9.17) is 4.74 Å². The maximum Gasteiger partial charge on any atom is 0.133 e. The Morgan fingerprint density at radius 2 is 2.60 bits per heavy atom. The number of aromatic nitrogens is 2. The van der Waals surface area contributed by atoms with E-state index >= 15 is 0 Å². The molecule has 54 valence electrons. The molecule has 0 amide bonds. The van der Waals surface area contributed by atoms with Crippen molar-refractivity contribution in [3.8, 4) is 0 Å². The molecule has 2 heterocycles. The number of ether oxygens (including phenoxy) is 1. The van der Waals surface area contributed by atoms with E-state index < -0.39 is 0 Å². The highest BCUT2D eigenvalue weighted by Crippen LogP contribution is 2.29. The van der Waals surface area contributed by atoms with Gasteiger partial charge in [-0.05, 0) is 28.7 Å². The van der Waals surface area contributed by atoms with E-state index in [0.29, 0.717) is 10.2 Å². The van der Waals surface area contributed by atoms with Gasteiger partial charge in [0, 0.05) is 12.4 Å². The largest absolute Gasteiger partial charge is 0.363 e. The first-order chi connectivity index (χ1) is 4.88. The van der Waals surface area contributed by atoms with Crippen molar-refractivity contribution in [3.05, 3.63) is 18.5 Å². The van der Waals surface area contributed by atoms with Gasteiger partial charge in [-0.1, -0.05) is 0 Å². The average molecular weight is 250 g/mol. The van der Waals surface area contributed by atoms with Crippen LogP contribution in [0.3, 0.4) is 0 Å². The molecule has 10 heavy (non-hydrogen) atoms. The number of nitrogens with zero attached hydrogens (tertiary/aromatic N) is 2. The normalized spacial score (nSPS) is 31.7. The number of hydrogen-bond acceptors (Lipinski definition) is 2. The standard InChI is InChI=1S/C6H7IN2O/c7-6-5(4-10-6)9-3-1-2-8-9/h1-3,5-6H,4H2. The summed E-state index contributed by atoms with van der Waals surface area (Å²) in [6, 6.07) is 2.39. The van der Waals surface area contributed by atoms with E-state index in [0.717, 1.165) is 6.61 Å². The molecular weight excluding hydrogens is 243 g/mol. The Balaban J connectivity index is 2.14. The summed E-state index contributed by atoms with van der Waals surface area (Å²) < 4.78 is 7.44. The summed E-state index contributed by atoms with van der Waals surface area (Å²) in [7, 11) is 0. The first kappa shape index (κ1) is 6.60. The predicted molar refractivity (Wildman–Crippen MR) is 45.0 cm³/mol. The number of hydrogen-bond donors (Lipinski definition) is 0. The molecule has 1 fully saturated rings. The van der Waals surface area contributed by atoms with Gasteiger partial charge in [-0.2, -0.15) is 5.10 Å². The second kappa shape index (κ2) is 2.50. The molecule has 1 aliphatic rings. The Hall–Kier alpha value is -0.100. The molecule has 0 radical (unpaired) electrons. The van der Waals surface area contributed by atoms with Crippen molar-refractivity contribution in [2.75, 3.05) is 6.61 Å². The van der Waals surface area contributed by atoms with Crippen LogP contribution in [0.25, 0.3) is 0 Å². The van der Waals surface area contributed by atoms with Gasteiger partial charge in [0.1, 0.15) is 10.2 Å². The number of alkyl halides is 1. The maximum absolute atomic E-state index is 5.19. The first-order valence-corrected chi connectivity index (χ1v) is 4.37. The zero-order valence-corrected chi connectivity index (χ0v) is 7.43. The number of halogens is 1. The lowest BCUT2D eigenvalue weighted by atomic mass is 10.3. The van der Waals surface area contributed by atoms with Crippen molar-refractivity contribution in [3.63, 3.8) is 0 Å². The molecule has 3 nitrogen and oxygen atoms in total. The Morgan fingerprint density at radius 1 is 1.70 bits per heavy atom. The molecule has 1 aromatic rings. The molecule has 4 heteroatoms. The van der Waals surface area contributed by atoms with Gasteiger partial charge in [-0.25, -0.2) is 0 Å². The highest BCUT2D eigenvalue weighted by molar-refractivity contribution is 14.1. The van der Waals surface area contributed by atoms with Crippen molar-refractivity contribution < 1.29 is 4.74 Å². The van der Waals surface area contributed by atoms with E-state index in [9.17, 15) is 0 Å². The average Bonchev–Trinajstić information content (AvgIpc) is 2.37. The van der Waals surface area contributed by atoms with E-state index in [2.05, 4.69) is 27.7 Å². The minimum Gasteiger partial charge on any atom is -0.363 e. The van der Waals surface area contributed by atoms with Crippen LogP contribution in [0.15, 0.2) is 18.5 Å². The molecule has 0 N–H and O–H groups in total. The van der Waals surface area contributed by atoms with Gasteiger partial charge in [-0.15, -0.1) is 0 Å². The summed E-state index contributed by atoms with van der Waals surface area (Å²) in [5, 5.41) is 4.12.